The third-order valence-electron chi connectivity index (χ3n) is 2.66. The first-order valence-electron chi connectivity index (χ1n) is 6.02. The van der Waals surface area contributed by atoms with Crippen molar-refractivity contribution in [3.05, 3.63) is 30.3 Å². The summed E-state index contributed by atoms with van der Waals surface area (Å²) in [5.74, 6) is -0.815. The first kappa shape index (κ1) is 16.7. The molecule has 0 radical (unpaired) electrons. The summed E-state index contributed by atoms with van der Waals surface area (Å²) in [6.45, 7) is 0. The number of hydrogen-bond acceptors (Lipinski definition) is 5. The Balaban J connectivity index is 2.79. The normalized spacial score (nSPS) is 13.3. The van der Waals surface area contributed by atoms with Gasteiger partial charge in [-0.1, -0.05) is 0 Å². The number of benzene rings is 1. The number of carbonyl (C=O) groups excluding carboxylic acids is 2. The second kappa shape index (κ2) is 8.74. The van der Waals surface area contributed by atoms with E-state index < -0.39 is 12.1 Å². The Hall–Kier alpha value is -1.36. The molecule has 0 fully saturated rings. The van der Waals surface area contributed by atoms with Crippen LogP contribution >= 0.6 is 0 Å². The Morgan fingerprint density at radius 3 is 2.15 bits per heavy atom. The van der Waals surface area contributed by atoms with E-state index in [1.807, 2.05) is 30.3 Å². The zero-order chi connectivity index (χ0) is 15.0. The van der Waals surface area contributed by atoms with Gasteiger partial charge in [-0.15, -0.1) is 0 Å². The molecule has 0 N–H and O–H groups in total. The Kier molecular flexibility index (Phi) is 7.29. The molecule has 6 heteroatoms. The van der Waals surface area contributed by atoms with Gasteiger partial charge < -0.3 is 0 Å². The Labute approximate surface area is 124 Å². The molecule has 0 aliphatic heterocycles. The van der Waals surface area contributed by atoms with Gasteiger partial charge in [0.1, 0.15) is 0 Å². The van der Waals surface area contributed by atoms with Crippen molar-refractivity contribution in [3.63, 3.8) is 0 Å². The molecule has 1 aromatic rings. The SMILES string of the molecule is COC(=O)C(CC([Se]c1ccccc1)C(=O)OC)OC. The van der Waals surface area contributed by atoms with Crippen molar-refractivity contribution in [2.24, 2.45) is 0 Å². The Bertz CT molecular complexity index is 434. The number of carbonyl (C=O) groups is 2. The van der Waals surface area contributed by atoms with E-state index in [2.05, 4.69) is 4.74 Å². The van der Waals surface area contributed by atoms with Crippen molar-refractivity contribution in [1.82, 2.24) is 0 Å². The molecule has 0 saturated heterocycles. The molecule has 0 saturated carbocycles. The van der Waals surface area contributed by atoms with E-state index >= 15 is 0 Å². The molecule has 0 aliphatic rings. The number of esters is 2. The van der Waals surface area contributed by atoms with Gasteiger partial charge in [-0.2, -0.15) is 0 Å². The van der Waals surface area contributed by atoms with Crippen molar-refractivity contribution in [1.29, 1.82) is 0 Å². The van der Waals surface area contributed by atoms with Gasteiger partial charge in [0.05, 0.1) is 0 Å². The van der Waals surface area contributed by atoms with Crippen molar-refractivity contribution in [2.75, 3.05) is 21.3 Å². The van der Waals surface area contributed by atoms with E-state index in [9.17, 15) is 9.59 Å². The summed E-state index contributed by atoms with van der Waals surface area (Å²) in [6.07, 6.45) is -0.500. The predicted octanol–water partition coefficient (Wildman–Crippen LogP) is 0.556. The van der Waals surface area contributed by atoms with E-state index in [1.54, 1.807) is 0 Å². The van der Waals surface area contributed by atoms with Crippen LogP contribution in [0, 0.1) is 0 Å². The number of rotatable bonds is 7. The predicted molar refractivity (Wildman–Crippen MR) is 75.0 cm³/mol. The molecule has 0 amide bonds. The maximum atomic E-state index is 11.9. The molecule has 5 nitrogen and oxygen atoms in total. The summed E-state index contributed by atoms with van der Waals surface area (Å²) in [4.78, 5) is 23.0. The first-order chi connectivity index (χ1) is 9.62. The van der Waals surface area contributed by atoms with Crippen LogP contribution in [-0.2, 0) is 23.8 Å². The van der Waals surface area contributed by atoms with E-state index in [0.717, 1.165) is 4.46 Å². The summed E-state index contributed by atoms with van der Waals surface area (Å²) in [7, 11) is 4.06. The standard InChI is InChI=1S/C14H18O5Se/c1-17-11(13(15)18-2)9-12(14(16)19-3)20-10-7-5-4-6-8-10/h4-8,11-12H,9H2,1-3H3. The molecule has 20 heavy (non-hydrogen) atoms. The third kappa shape index (κ3) is 4.96. The van der Waals surface area contributed by atoms with Crippen LogP contribution in [0.1, 0.15) is 6.42 Å². The van der Waals surface area contributed by atoms with E-state index in [1.165, 1.54) is 21.3 Å². The topological polar surface area (TPSA) is 61.8 Å². The van der Waals surface area contributed by atoms with Gasteiger partial charge in [-0.25, -0.2) is 0 Å². The molecule has 110 valence electrons. The summed E-state index contributed by atoms with van der Waals surface area (Å²) in [5.41, 5.74) is 0. The number of hydrogen-bond donors (Lipinski definition) is 0. The quantitative estimate of drug-likeness (QED) is 0.534. The van der Waals surface area contributed by atoms with Crippen LogP contribution in [0.15, 0.2) is 30.3 Å². The monoisotopic (exact) mass is 346 g/mol. The van der Waals surface area contributed by atoms with Gasteiger partial charge in [-0.3, -0.25) is 0 Å². The molecule has 1 rings (SSSR count). The van der Waals surface area contributed by atoms with Crippen molar-refractivity contribution in [3.8, 4) is 0 Å². The summed E-state index contributed by atoms with van der Waals surface area (Å²) in [5, 5.41) is 0. The summed E-state index contributed by atoms with van der Waals surface area (Å²) < 4.78 is 15.6. The first-order valence-corrected chi connectivity index (χ1v) is 7.87. The second-order valence-electron chi connectivity index (χ2n) is 3.93. The number of methoxy groups -OCH3 is 3. The fourth-order valence-corrected chi connectivity index (χ4v) is 3.92. The molecule has 0 aliphatic carbocycles. The van der Waals surface area contributed by atoms with Crippen LogP contribution < -0.4 is 4.46 Å². The Morgan fingerprint density at radius 1 is 1.05 bits per heavy atom. The molecule has 2 atom stereocenters. The molecule has 0 aromatic heterocycles. The fourth-order valence-electron chi connectivity index (χ4n) is 1.60. The van der Waals surface area contributed by atoms with E-state index in [4.69, 9.17) is 9.47 Å². The molecule has 0 spiro atoms. The molecule has 0 heterocycles. The van der Waals surface area contributed by atoms with Crippen LogP contribution in [0.4, 0.5) is 0 Å². The average molecular weight is 345 g/mol. The van der Waals surface area contributed by atoms with E-state index in [0.29, 0.717) is 0 Å². The van der Waals surface area contributed by atoms with Crippen LogP contribution in [-0.4, -0.2) is 54.3 Å². The molecular formula is C14H18O5Se. The molecule has 2 unspecified atom stereocenters. The van der Waals surface area contributed by atoms with Crippen LogP contribution in [0.5, 0.6) is 0 Å². The van der Waals surface area contributed by atoms with Crippen molar-refractivity contribution in [2.45, 2.75) is 17.3 Å². The van der Waals surface area contributed by atoms with Crippen LogP contribution in [0.3, 0.4) is 0 Å². The minimum absolute atomic E-state index is 0.140. The van der Waals surface area contributed by atoms with Crippen molar-refractivity contribution >= 4 is 31.4 Å². The Morgan fingerprint density at radius 2 is 1.65 bits per heavy atom. The van der Waals surface area contributed by atoms with Gasteiger partial charge in [-0.05, 0) is 0 Å². The molecule has 0 bridgehead atoms. The van der Waals surface area contributed by atoms with Gasteiger partial charge in [0.2, 0.25) is 0 Å². The fraction of sp³-hybridized carbons (Fsp3) is 0.429. The van der Waals surface area contributed by atoms with Gasteiger partial charge in [0.15, 0.2) is 0 Å². The molecule has 1 aromatic carbocycles. The minimum atomic E-state index is -0.755. The number of ether oxygens (including phenoxy) is 3. The maximum absolute atomic E-state index is 11.9. The second-order valence-corrected chi connectivity index (χ2v) is 6.60. The van der Waals surface area contributed by atoms with Gasteiger partial charge >= 0.3 is 124 Å². The zero-order valence-electron chi connectivity index (χ0n) is 11.7. The van der Waals surface area contributed by atoms with Gasteiger partial charge in [0, 0.05) is 0 Å². The van der Waals surface area contributed by atoms with Crippen molar-refractivity contribution < 1.29 is 23.8 Å². The van der Waals surface area contributed by atoms with E-state index in [-0.39, 0.29) is 32.2 Å². The third-order valence-corrected chi connectivity index (χ3v) is 5.21. The summed E-state index contributed by atoms with van der Waals surface area (Å²) in [6, 6.07) is 9.66. The zero-order valence-corrected chi connectivity index (χ0v) is 13.4. The summed E-state index contributed by atoms with van der Waals surface area (Å²) >= 11 is -0.140. The average Bonchev–Trinajstić information content (AvgIpc) is 2.50. The van der Waals surface area contributed by atoms with Crippen LogP contribution in [0.25, 0.3) is 0 Å². The van der Waals surface area contributed by atoms with Crippen LogP contribution in [0.2, 0.25) is 4.82 Å². The van der Waals surface area contributed by atoms with Gasteiger partial charge in [0.25, 0.3) is 0 Å². The molecular weight excluding hydrogens is 327 g/mol.